The molecule has 0 aliphatic heterocycles. The first-order chi connectivity index (χ1) is 20.1. The Kier molecular flexibility index (Phi) is 16.0. The van der Waals surface area contributed by atoms with Crippen LogP contribution in [0.25, 0.3) is 0 Å². The van der Waals surface area contributed by atoms with Gasteiger partial charge in [0.1, 0.15) is 18.7 Å². The number of carbonyl (C=O) groups excluding carboxylic acids is 4. The van der Waals surface area contributed by atoms with E-state index in [9.17, 15) is 24.1 Å². The van der Waals surface area contributed by atoms with Crippen molar-refractivity contribution in [1.82, 2.24) is 21.3 Å². The molecular formula is C30H50N6O7. The molecule has 0 heterocycles. The standard InChI is InChI=1S/C30H50N6O7/c1-20(32-19-30(6,7)43-16-14-29(4,5)18-31-8)26(38)34-21(2)27(39)36-25(13-15-33-41)28(40)35-24-11-9-23(10-12-24)17-42-22(3)37/h9-12,20-21,25,31-32H,13-19H2,1-8H3,(H,34,38)(H,35,40)(H,36,39)/t20-,21-,25-/m0/s1. The van der Waals surface area contributed by atoms with Crippen molar-refractivity contribution in [2.45, 2.75) is 91.6 Å². The lowest BCUT2D eigenvalue weighted by molar-refractivity contribution is -0.142. The second kappa shape index (κ2) is 18.3. The van der Waals surface area contributed by atoms with Gasteiger partial charge in [-0.1, -0.05) is 31.2 Å². The summed E-state index contributed by atoms with van der Waals surface area (Å²) < 4.78 is 11.0. The minimum atomic E-state index is -1.06. The van der Waals surface area contributed by atoms with E-state index in [-0.39, 0.29) is 25.0 Å². The number of carbonyl (C=O) groups is 4. The first-order valence-electron chi connectivity index (χ1n) is 14.5. The molecule has 0 saturated heterocycles. The molecule has 1 rings (SSSR count). The monoisotopic (exact) mass is 606 g/mol. The summed E-state index contributed by atoms with van der Waals surface area (Å²) in [7, 11) is 1.92. The third-order valence-electron chi connectivity index (χ3n) is 6.71. The van der Waals surface area contributed by atoms with E-state index < -0.39 is 47.4 Å². The number of hydrogen-bond donors (Lipinski definition) is 5. The fourth-order valence-corrected chi connectivity index (χ4v) is 3.96. The Balaban J connectivity index is 2.63. The number of ether oxygens (including phenoxy) is 2. The van der Waals surface area contributed by atoms with Gasteiger partial charge >= 0.3 is 5.97 Å². The number of nitrogens with one attached hydrogen (secondary N) is 5. The van der Waals surface area contributed by atoms with Crippen LogP contribution in [0.3, 0.4) is 0 Å². The van der Waals surface area contributed by atoms with E-state index in [4.69, 9.17) is 9.47 Å². The number of amides is 3. The molecule has 43 heavy (non-hydrogen) atoms. The van der Waals surface area contributed by atoms with E-state index in [0.29, 0.717) is 18.8 Å². The molecule has 13 nitrogen and oxygen atoms in total. The lowest BCUT2D eigenvalue weighted by Gasteiger charge is -2.30. The van der Waals surface area contributed by atoms with Gasteiger partial charge in [-0.15, -0.1) is 0 Å². The molecule has 0 unspecified atom stereocenters. The van der Waals surface area contributed by atoms with Crippen molar-refractivity contribution in [3.8, 4) is 0 Å². The van der Waals surface area contributed by atoms with Crippen LogP contribution in [-0.2, 0) is 35.3 Å². The van der Waals surface area contributed by atoms with Gasteiger partial charge in [0.15, 0.2) is 0 Å². The van der Waals surface area contributed by atoms with Gasteiger partial charge in [0.2, 0.25) is 17.7 Å². The molecule has 0 fully saturated rings. The molecule has 0 saturated carbocycles. The molecule has 3 atom stereocenters. The van der Waals surface area contributed by atoms with Crippen LogP contribution in [0, 0.1) is 10.3 Å². The van der Waals surface area contributed by atoms with Crippen LogP contribution in [-0.4, -0.2) is 80.7 Å². The van der Waals surface area contributed by atoms with Crippen LogP contribution in [0.2, 0.25) is 0 Å². The van der Waals surface area contributed by atoms with Gasteiger partial charge in [-0.2, -0.15) is 4.91 Å². The Morgan fingerprint density at radius 3 is 2.12 bits per heavy atom. The Labute approximate surface area is 255 Å². The highest BCUT2D eigenvalue weighted by molar-refractivity contribution is 5.98. The summed E-state index contributed by atoms with van der Waals surface area (Å²) in [6.07, 6.45) is 0.858. The molecule has 5 N–H and O–H groups in total. The number of benzene rings is 1. The summed E-state index contributed by atoms with van der Waals surface area (Å²) in [6, 6.07) is 4.01. The maximum Gasteiger partial charge on any atom is 0.302 e. The van der Waals surface area contributed by atoms with E-state index in [1.807, 2.05) is 20.9 Å². The van der Waals surface area contributed by atoms with E-state index in [1.54, 1.807) is 31.2 Å². The smallest absolute Gasteiger partial charge is 0.302 e. The van der Waals surface area contributed by atoms with Crippen molar-refractivity contribution in [1.29, 1.82) is 0 Å². The third kappa shape index (κ3) is 15.6. The van der Waals surface area contributed by atoms with Crippen LogP contribution < -0.4 is 26.6 Å². The normalized spacial score (nSPS) is 13.8. The van der Waals surface area contributed by atoms with Gasteiger partial charge < -0.3 is 36.1 Å². The van der Waals surface area contributed by atoms with Gasteiger partial charge in [-0.25, -0.2) is 0 Å². The van der Waals surface area contributed by atoms with Gasteiger partial charge in [0.25, 0.3) is 0 Å². The van der Waals surface area contributed by atoms with Crippen LogP contribution in [0.4, 0.5) is 5.69 Å². The highest BCUT2D eigenvalue weighted by Crippen LogP contribution is 2.20. The topological polar surface area (TPSA) is 176 Å². The minimum absolute atomic E-state index is 0.0224. The van der Waals surface area contributed by atoms with Crippen molar-refractivity contribution < 1.29 is 28.7 Å². The number of rotatable bonds is 20. The molecular weight excluding hydrogens is 556 g/mol. The summed E-state index contributed by atoms with van der Waals surface area (Å²) >= 11 is 0. The van der Waals surface area contributed by atoms with Crippen molar-refractivity contribution in [3.63, 3.8) is 0 Å². The molecule has 1 aromatic rings. The first-order valence-corrected chi connectivity index (χ1v) is 14.5. The van der Waals surface area contributed by atoms with Gasteiger partial charge in [0.05, 0.1) is 18.2 Å². The van der Waals surface area contributed by atoms with Gasteiger partial charge in [-0.05, 0) is 70.7 Å². The number of esters is 1. The van der Waals surface area contributed by atoms with E-state index in [0.717, 1.165) is 18.5 Å². The van der Waals surface area contributed by atoms with Gasteiger partial charge in [-0.3, -0.25) is 19.2 Å². The summed E-state index contributed by atoms with van der Waals surface area (Å²) in [4.78, 5) is 60.2. The summed E-state index contributed by atoms with van der Waals surface area (Å²) in [5.41, 5.74) is 0.773. The molecule has 3 amide bonds. The second-order valence-electron chi connectivity index (χ2n) is 12.1. The Bertz CT molecular complexity index is 1060. The molecule has 1 aromatic carbocycles. The maximum atomic E-state index is 12.9. The van der Waals surface area contributed by atoms with E-state index >= 15 is 0 Å². The van der Waals surface area contributed by atoms with Crippen LogP contribution in [0.15, 0.2) is 29.4 Å². The fraction of sp³-hybridized carbons (Fsp3) is 0.667. The quantitative estimate of drug-likeness (QED) is 0.110. The summed E-state index contributed by atoms with van der Waals surface area (Å²) in [5.74, 6) is -1.93. The number of nitroso groups, excluding NO2 is 1. The van der Waals surface area contributed by atoms with Crippen molar-refractivity contribution in [2.75, 3.05) is 38.6 Å². The number of hydrogen-bond acceptors (Lipinski definition) is 10. The Morgan fingerprint density at radius 2 is 1.53 bits per heavy atom. The fourth-order valence-electron chi connectivity index (χ4n) is 3.96. The Hall–Kier alpha value is -3.42. The van der Waals surface area contributed by atoms with Crippen LogP contribution in [0.1, 0.15) is 66.9 Å². The molecule has 242 valence electrons. The maximum absolute atomic E-state index is 12.9. The highest BCUT2D eigenvalue weighted by Gasteiger charge is 2.27. The summed E-state index contributed by atoms with van der Waals surface area (Å²) in [6.45, 7) is 14.5. The van der Waals surface area contributed by atoms with Crippen molar-refractivity contribution in [3.05, 3.63) is 34.7 Å². The lowest BCUT2D eigenvalue weighted by Crippen LogP contribution is -2.55. The molecule has 0 radical (unpaired) electrons. The zero-order valence-electron chi connectivity index (χ0n) is 26.8. The molecule has 0 aromatic heterocycles. The average Bonchev–Trinajstić information content (AvgIpc) is 2.92. The predicted octanol–water partition coefficient (Wildman–Crippen LogP) is 2.24. The number of nitrogens with zero attached hydrogens (tertiary/aromatic N) is 1. The summed E-state index contributed by atoms with van der Waals surface area (Å²) in [5, 5.41) is 17.1. The third-order valence-corrected chi connectivity index (χ3v) is 6.71. The van der Waals surface area contributed by atoms with Crippen LogP contribution in [0.5, 0.6) is 0 Å². The molecule has 0 aliphatic rings. The zero-order chi connectivity index (χ0) is 32.6. The predicted molar refractivity (Wildman–Crippen MR) is 165 cm³/mol. The minimum Gasteiger partial charge on any atom is -0.461 e. The first kappa shape index (κ1) is 37.6. The van der Waals surface area contributed by atoms with Gasteiger partial charge in [0, 0.05) is 32.3 Å². The Morgan fingerprint density at radius 1 is 0.907 bits per heavy atom. The SMILES string of the molecule is CNCC(C)(C)CCOC(C)(C)CN[C@@H](C)C(=O)N[C@@H](C)C(=O)N[C@@H](CCN=O)C(=O)Nc1ccc(COC(C)=O)cc1. The van der Waals surface area contributed by atoms with E-state index in [1.165, 1.54) is 13.8 Å². The largest absolute Gasteiger partial charge is 0.461 e. The van der Waals surface area contributed by atoms with Crippen molar-refractivity contribution in [2.24, 2.45) is 10.6 Å². The van der Waals surface area contributed by atoms with Crippen LogP contribution >= 0.6 is 0 Å². The lowest BCUT2D eigenvalue weighted by atomic mass is 9.90. The number of anilines is 1. The van der Waals surface area contributed by atoms with E-state index in [2.05, 4.69) is 45.6 Å². The van der Waals surface area contributed by atoms with Crippen molar-refractivity contribution >= 4 is 29.4 Å². The second-order valence-corrected chi connectivity index (χ2v) is 12.1. The molecule has 0 spiro atoms. The molecule has 0 bridgehead atoms. The average molecular weight is 607 g/mol. The zero-order valence-corrected chi connectivity index (χ0v) is 26.8. The molecule has 0 aliphatic carbocycles. The highest BCUT2D eigenvalue weighted by atomic mass is 16.5. The molecule has 13 heteroatoms.